The number of amides is 2. The van der Waals surface area contributed by atoms with Gasteiger partial charge in [0.2, 0.25) is 11.8 Å². The minimum absolute atomic E-state index is 0.201. The number of aryl methyl sites for hydroxylation is 1. The summed E-state index contributed by atoms with van der Waals surface area (Å²) in [4.78, 5) is 27.0. The maximum atomic E-state index is 11.9. The van der Waals surface area contributed by atoms with Crippen LogP contribution in [-0.2, 0) is 16.0 Å². The first-order valence-corrected chi connectivity index (χ1v) is 6.80. The molecule has 1 aromatic rings. The molecule has 1 atom stereocenters. The standard InChI is InChI=1S/C11H17N3O2S2/c1-4-11(3,9(12)16)14-8(15)5-7-6(2)13-10(17)18-7/h4-5H2,1-3H3,(H2,12,16)(H,13,17)(H,14,15). The molecule has 0 fully saturated rings. The molecule has 0 aromatic carbocycles. The van der Waals surface area contributed by atoms with Gasteiger partial charge in [-0.2, -0.15) is 0 Å². The van der Waals surface area contributed by atoms with Gasteiger partial charge in [0.1, 0.15) is 5.54 Å². The van der Waals surface area contributed by atoms with Crippen LogP contribution in [0.3, 0.4) is 0 Å². The van der Waals surface area contributed by atoms with E-state index in [1.165, 1.54) is 11.3 Å². The van der Waals surface area contributed by atoms with Gasteiger partial charge in [-0.3, -0.25) is 9.59 Å². The number of primary amides is 1. The second-order valence-corrected chi connectivity index (χ2v) is 6.11. The van der Waals surface area contributed by atoms with Crippen LogP contribution in [-0.4, -0.2) is 22.3 Å². The summed E-state index contributed by atoms with van der Waals surface area (Å²) in [6.07, 6.45) is 0.655. The number of H-pyrrole nitrogens is 1. The van der Waals surface area contributed by atoms with Crippen molar-refractivity contribution in [2.45, 2.75) is 39.2 Å². The van der Waals surface area contributed by atoms with Gasteiger partial charge in [-0.05, 0) is 32.5 Å². The minimum atomic E-state index is -0.997. The molecule has 100 valence electrons. The summed E-state index contributed by atoms with van der Waals surface area (Å²) in [6.45, 7) is 5.29. The molecule has 2 amide bonds. The Morgan fingerprint density at radius 2 is 2.17 bits per heavy atom. The monoisotopic (exact) mass is 287 g/mol. The van der Waals surface area contributed by atoms with Gasteiger partial charge in [0.15, 0.2) is 3.95 Å². The van der Waals surface area contributed by atoms with Crippen LogP contribution in [0.2, 0.25) is 0 Å². The summed E-state index contributed by atoms with van der Waals surface area (Å²) in [5.74, 6) is -0.761. The van der Waals surface area contributed by atoms with E-state index >= 15 is 0 Å². The first kappa shape index (κ1) is 14.8. The highest BCUT2D eigenvalue weighted by Crippen LogP contribution is 2.16. The van der Waals surface area contributed by atoms with E-state index in [1.54, 1.807) is 13.8 Å². The molecule has 7 heteroatoms. The Kier molecular flexibility index (Phi) is 4.64. The van der Waals surface area contributed by atoms with Crippen LogP contribution in [0.5, 0.6) is 0 Å². The van der Waals surface area contributed by atoms with Crippen molar-refractivity contribution >= 4 is 35.4 Å². The van der Waals surface area contributed by atoms with Crippen LogP contribution < -0.4 is 11.1 Å². The van der Waals surface area contributed by atoms with Gasteiger partial charge >= 0.3 is 0 Å². The Morgan fingerprint density at radius 1 is 1.56 bits per heavy atom. The number of rotatable bonds is 5. The lowest BCUT2D eigenvalue weighted by molar-refractivity contribution is -0.130. The zero-order chi connectivity index (χ0) is 13.9. The Bertz CT molecular complexity index is 521. The van der Waals surface area contributed by atoms with Crippen molar-refractivity contribution in [3.05, 3.63) is 14.5 Å². The van der Waals surface area contributed by atoms with Gasteiger partial charge in [0.05, 0.1) is 6.42 Å². The normalized spacial score (nSPS) is 13.9. The largest absolute Gasteiger partial charge is 0.368 e. The van der Waals surface area contributed by atoms with Crippen LogP contribution >= 0.6 is 23.6 Å². The zero-order valence-corrected chi connectivity index (χ0v) is 12.3. The molecule has 5 nitrogen and oxygen atoms in total. The average Bonchev–Trinajstić information content (AvgIpc) is 2.56. The molecular weight excluding hydrogens is 270 g/mol. The number of thiazole rings is 1. The Labute approximate surface area is 115 Å². The van der Waals surface area contributed by atoms with Crippen LogP contribution in [0.1, 0.15) is 30.8 Å². The molecule has 0 aliphatic carbocycles. The van der Waals surface area contributed by atoms with E-state index in [0.717, 1.165) is 10.6 Å². The summed E-state index contributed by atoms with van der Waals surface area (Å²) in [5.41, 5.74) is 5.17. The first-order chi connectivity index (χ1) is 8.28. The smallest absolute Gasteiger partial charge is 0.242 e. The van der Waals surface area contributed by atoms with Gasteiger partial charge in [-0.1, -0.05) is 6.92 Å². The average molecular weight is 287 g/mol. The van der Waals surface area contributed by atoms with Crippen molar-refractivity contribution in [1.82, 2.24) is 10.3 Å². The first-order valence-electron chi connectivity index (χ1n) is 5.58. The fraction of sp³-hybridized carbons (Fsp3) is 0.545. The van der Waals surface area contributed by atoms with Crippen LogP contribution in [0.4, 0.5) is 0 Å². The highest BCUT2D eigenvalue weighted by Gasteiger charge is 2.30. The van der Waals surface area contributed by atoms with Crippen LogP contribution in [0.15, 0.2) is 0 Å². The third-order valence-electron chi connectivity index (χ3n) is 2.91. The highest BCUT2D eigenvalue weighted by atomic mass is 32.1. The molecule has 0 aliphatic rings. The molecule has 1 aromatic heterocycles. The van der Waals surface area contributed by atoms with Gasteiger partial charge in [-0.15, -0.1) is 11.3 Å². The third kappa shape index (κ3) is 3.39. The van der Waals surface area contributed by atoms with E-state index in [2.05, 4.69) is 10.3 Å². The Hall–Kier alpha value is -1.21. The van der Waals surface area contributed by atoms with E-state index in [1.807, 2.05) is 6.92 Å². The number of aromatic amines is 1. The van der Waals surface area contributed by atoms with Gasteiger partial charge in [-0.25, -0.2) is 0 Å². The molecule has 0 spiro atoms. The Morgan fingerprint density at radius 3 is 2.56 bits per heavy atom. The zero-order valence-electron chi connectivity index (χ0n) is 10.6. The molecule has 0 bridgehead atoms. The van der Waals surface area contributed by atoms with Gasteiger partial charge in [0, 0.05) is 10.6 Å². The fourth-order valence-corrected chi connectivity index (χ4v) is 2.72. The van der Waals surface area contributed by atoms with Crippen molar-refractivity contribution < 1.29 is 9.59 Å². The minimum Gasteiger partial charge on any atom is -0.368 e. The van der Waals surface area contributed by atoms with Gasteiger partial charge in [0.25, 0.3) is 0 Å². The number of hydrogen-bond acceptors (Lipinski definition) is 4. The lowest BCUT2D eigenvalue weighted by atomic mass is 9.98. The maximum Gasteiger partial charge on any atom is 0.242 e. The lowest BCUT2D eigenvalue weighted by Gasteiger charge is -2.25. The predicted molar refractivity (Wildman–Crippen MR) is 74.0 cm³/mol. The number of hydrogen-bond donors (Lipinski definition) is 3. The predicted octanol–water partition coefficient (Wildman–Crippen LogP) is 1.43. The Balaban J connectivity index is 2.76. The summed E-state index contributed by atoms with van der Waals surface area (Å²) < 4.78 is 0.642. The highest BCUT2D eigenvalue weighted by molar-refractivity contribution is 7.73. The van der Waals surface area contributed by atoms with Crippen LogP contribution in [0.25, 0.3) is 0 Å². The molecule has 0 saturated carbocycles. The van der Waals surface area contributed by atoms with Gasteiger partial charge < -0.3 is 16.0 Å². The van der Waals surface area contributed by atoms with E-state index in [0.29, 0.717) is 10.4 Å². The number of carbonyl (C=O) groups is 2. The summed E-state index contributed by atoms with van der Waals surface area (Å²) >= 11 is 6.37. The molecule has 4 N–H and O–H groups in total. The molecular formula is C11H17N3O2S2. The number of nitrogens with one attached hydrogen (secondary N) is 2. The molecule has 0 radical (unpaired) electrons. The molecule has 1 heterocycles. The van der Waals surface area contributed by atoms with Crippen molar-refractivity contribution in [1.29, 1.82) is 0 Å². The fourth-order valence-electron chi connectivity index (χ4n) is 1.43. The van der Waals surface area contributed by atoms with E-state index in [4.69, 9.17) is 18.0 Å². The second-order valence-electron chi connectivity index (χ2n) is 4.34. The number of nitrogens with two attached hydrogens (primary N) is 1. The molecule has 1 unspecified atom stereocenters. The topological polar surface area (TPSA) is 88.0 Å². The van der Waals surface area contributed by atoms with Crippen molar-refractivity contribution in [3.8, 4) is 0 Å². The molecule has 18 heavy (non-hydrogen) atoms. The number of aromatic nitrogens is 1. The van der Waals surface area contributed by atoms with Crippen molar-refractivity contribution in [3.63, 3.8) is 0 Å². The molecule has 0 aliphatic heterocycles. The lowest BCUT2D eigenvalue weighted by Crippen LogP contribution is -2.55. The molecule has 0 saturated heterocycles. The second kappa shape index (κ2) is 5.62. The van der Waals surface area contributed by atoms with E-state index in [-0.39, 0.29) is 12.3 Å². The van der Waals surface area contributed by atoms with Crippen molar-refractivity contribution in [2.24, 2.45) is 5.73 Å². The third-order valence-corrected chi connectivity index (χ3v) is 4.25. The summed E-state index contributed by atoms with van der Waals surface area (Å²) in [7, 11) is 0. The summed E-state index contributed by atoms with van der Waals surface area (Å²) in [5, 5.41) is 2.67. The number of carbonyl (C=O) groups excluding carboxylic acids is 2. The van der Waals surface area contributed by atoms with E-state index < -0.39 is 11.4 Å². The quantitative estimate of drug-likeness (QED) is 0.716. The SMILES string of the molecule is CCC(C)(NC(=O)Cc1sc(=S)[nH]c1C)C(N)=O. The van der Waals surface area contributed by atoms with Crippen LogP contribution in [0, 0.1) is 10.9 Å². The molecule has 1 rings (SSSR count). The summed E-state index contributed by atoms with van der Waals surface area (Å²) in [6, 6.07) is 0. The maximum absolute atomic E-state index is 11.9. The van der Waals surface area contributed by atoms with E-state index in [9.17, 15) is 9.59 Å². The van der Waals surface area contributed by atoms with Crippen molar-refractivity contribution in [2.75, 3.05) is 0 Å².